The summed E-state index contributed by atoms with van der Waals surface area (Å²) in [5, 5.41) is 34.4. The first kappa shape index (κ1) is 63.9. The van der Waals surface area contributed by atoms with Crippen molar-refractivity contribution in [2.75, 3.05) is 71.2 Å². The summed E-state index contributed by atoms with van der Waals surface area (Å²) in [6, 6.07) is 25.4. The molecule has 3 aromatic carbocycles. The third kappa shape index (κ3) is 19.4. The fourth-order valence-corrected chi connectivity index (χ4v) is 11.3. The van der Waals surface area contributed by atoms with E-state index in [0.29, 0.717) is 70.6 Å². The highest BCUT2D eigenvalue weighted by molar-refractivity contribution is 7.13. The number of thiazole rings is 1. The Bertz CT molecular complexity index is 3040. The van der Waals surface area contributed by atoms with Crippen LogP contribution in [0.1, 0.15) is 124 Å². The number of benzene rings is 3. The number of aliphatic hydroxyl groups excluding tert-OH is 1. The maximum atomic E-state index is 14.0. The maximum Gasteiger partial charge on any atom is 0.251 e. The van der Waals surface area contributed by atoms with Crippen LogP contribution >= 0.6 is 11.3 Å². The number of aryl methyl sites for hydroxylation is 1. The highest BCUT2D eigenvalue weighted by atomic mass is 32.1. The number of anilines is 1. The number of aromatic nitrogens is 5. The van der Waals surface area contributed by atoms with Gasteiger partial charge in [0.15, 0.2) is 11.6 Å². The van der Waals surface area contributed by atoms with E-state index in [1.807, 2.05) is 118 Å². The summed E-state index contributed by atoms with van der Waals surface area (Å²) in [6.07, 6.45) is 10.7. The molecule has 0 bridgehead atoms. The van der Waals surface area contributed by atoms with Crippen LogP contribution in [0.4, 0.5) is 5.69 Å². The topological polar surface area (TPSA) is 256 Å². The van der Waals surface area contributed by atoms with Crippen molar-refractivity contribution in [3.8, 4) is 27.6 Å². The van der Waals surface area contributed by atoms with Crippen molar-refractivity contribution in [2.24, 2.45) is 5.41 Å². The van der Waals surface area contributed by atoms with Crippen LogP contribution in [-0.2, 0) is 47.2 Å². The number of nitrogens with one attached hydrogen (secondary N) is 6. The molecule has 2 fully saturated rings. The van der Waals surface area contributed by atoms with Gasteiger partial charge in [-0.15, -0.1) is 11.3 Å². The zero-order chi connectivity index (χ0) is 59.9. The van der Waals surface area contributed by atoms with Crippen LogP contribution in [0.3, 0.4) is 0 Å². The van der Waals surface area contributed by atoms with Gasteiger partial charge in [-0.05, 0) is 130 Å². The number of amides is 4. The number of hydrogen-bond donors (Lipinski definition) is 7. The van der Waals surface area contributed by atoms with Gasteiger partial charge in [0.25, 0.3) is 5.91 Å². The average Bonchev–Trinajstić information content (AvgIpc) is 2.39. The zero-order valence-electron chi connectivity index (χ0n) is 49.7. The van der Waals surface area contributed by atoms with E-state index in [1.165, 1.54) is 4.90 Å². The number of piperidine rings is 1. The van der Waals surface area contributed by atoms with Crippen LogP contribution in [0.15, 0.2) is 103 Å². The number of ether oxygens (including phenoxy) is 4. The van der Waals surface area contributed by atoms with Crippen molar-refractivity contribution in [1.29, 1.82) is 0 Å². The number of H-pyrrole nitrogens is 1. The second-order valence-corrected chi connectivity index (χ2v) is 23.8. The molecule has 85 heavy (non-hydrogen) atoms. The molecule has 0 unspecified atom stereocenters. The lowest BCUT2D eigenvalue weighted by atomic mass is 9.85. The number of hydrogen-bond acceptors (Lipinski definition) is 16. The van der Waals surface area contributed by atoms with Gasteiger partial charge in [-0.3, -0.25) is 29.3 Å². The second kappa shape index (κ2) is 32.4. The number of β-amino-alcohol motifs (C(OH)–C–C–N with tert-alkyl or cyclic N) is 1. The minimum atomic E-state index is -0.871. The molecule has 2 aliphatic rings. The van der Waals surface area contributed by atoms with E-state index in [-0.39, 0.29) is 49.6 Å². The first-order valence-corrected chi connectivity index (χ1v) is 30.8. The molecule has 2 aliphatic heterocycles. The fraction of sp³-hybridized carbons (Fsp3) is 0.500. The molecule has 4 amide bonds. The van der Waals surface area contributed by atoms with E-state index in [2.05, 4.69) is 46.7 Å². The van der Waals surface area contributed by atoms with Gasteiger partial charge in [0.2, 0.25) is 17.7 Å². The number of aliphatic hydroxyl groups is 1. The quantitative estimate of drug-likeness (QED) is 0.0191. The van der Waals surface area contributed by atoms with E-state index < -0.39 is 29.1 Å². The predicted octanol–water partition coefficient (Wildman–Crippen LogP) is 8.28. The highest BCUT2D eigenvalue weighted by Crippen LogP contribution is 2.34. The summed E-state index contributed by atoms with van der Waals surface area (Å²) in [5.74, 6) is 1.04. The first-order chi connectivity index (χ1) is 41.2. The van der Waals surface area contributed by atoms with Gasteiger partial charge in [-0.2, -0.15) is 5.10 Å². The van der Waals surface area contributed by atoms with Crippen molar-refractivity contribution in [3.63, 3.8) is 0 Å². The summed E-state index contributed by atoms with van der Waals surface area (Å²) in [6.45, 7) is 13.7. The Morgan fingerprint density at radius 3 is 2.16 bits per heavy atom. The summed E-state index contributed by atoms with van der Waals surface area (Å²) >= 11 is 1.58. The Hall–Kier alpha value is -7.14. The van der Waals surface area contributed by atoms with Crippen LogP contribution in [-0.4, -0.2) is 143 Å². The highest BCUT2D eigenvalue weighted by Gasteiger charge is 2.44. The molecule has 21 heteroatoms. The number of carbonyl (C=O) groups excluding carboxylic acids is 4. The van der Waals surface area contributed by atoms with E-state index in [1.54, 1.807) is 23.7 Å². The Morgan fingerprint density at radius 1 is 0.776 bits per heavy atom. The molecule has 5 heterocycles. The normalized spacial score (nSPS) is 16.2. The van der Waals surface area contributed by atoms with Gasteiger partial charge in [0.1, 0.15) is 17.8 Å². The summed E-state index contributed by atoms with van der Waals surface area (Å²) in [5.41, 5.74) is 6.88. The molecule has 7 N–H and O–H groups in total. The maximum absolute atomic E-state index is 14.0. The number of carbonyl (C=O) groups is 4. The van der Waals surface area contributed by atoms with Crippen molar-refractivity contribution >= 4 is 40.7 Å². The molecule has 3 atom stereocenters. The fourth-order valence-electron chi connectivity index (χ4n) is 10.5. The number of pyridine rings is 1. The van der Waals surface area contributed by atoms with Gasteiger partial charge in [0.05, 0.1) is 60.8 Å². The molecule has 0 radical (unpaired) electrons. The van der Waals surface area contributed by atoms with Crippen LogP contribution in [0.25, 0.3) is 21.8 Å². The number of aromatic amines is 1. The Morgan fingerprint density at radius 2 is 1.46 bits per heavy atom. The number of unbranched alkanes of at least 4 members (excludes halogenated alkanes) is 5. The van der Waals surface area contributed by atoms with Gasteiger partial charge < -0.3 is 55.5 Å². The van der Waals surface area contributed by atoms with E-state index in [0.717, 1.165) is 115 Å². The van der Waals surface area contributed by atoms with Crippen molar-refractivity contribution in [3.05, 3.63) is 131 Å². The molecule has 6 aromatic rings. The third-order valence-electron chi connectivity index (χ3n) is 15.3. The minimum Gasteiger partial charge on any atom is -0.494 e. The Balaban J connectivity index is 0.615. The number of likely N-dealkylation sites (tertiary alicyclic amines) is 1. The molecule has 0 saturated carbocycles. The second-order valence-electron chi connectivity index (χ2n) is 23.0. The van der Waals surface area contributed by atoms with E-state index >= 15 is 0 Å². The van der Waals surface area contributed by atoms with Gasteiger partial charge >= 0.3 is 0 Å². The molecule has 3 aromatic heterocycles. The average molecular weight is 1180 g/mol. The van der Waals surface area contributed by atoms with Gasteiger partial charge in [0, 0.05) is 74.9 Å². The molecular weight excluding hydrogens is 1100 g/mol. The zero-order valence-corrected chi connectivity index (χ0v) is 50.5. The minimum absolute atomic E-state index is 0.0215. The Kier molecular flexibility index (Phi) is 24.3. The number of rotatable bonds is 33. The van der Waals surface area contributed by atoms with Gasteiger partial charge in [-0.1, -0.05) is 76.1 Å². The summed E-state index contributed by atoms with van der Waals surface area (Å²) in [4.78, 5) is 69.8. The van der Waals surface area contributed by atoms with E-state index in [9.17, 15) is 24.3 Å². The lowest BCUT2D eigenvalue weighted by molar-refractivity contribution is -0.144. The molecule has 0 spiro atoms. The number of nitrogens with zero attached hydrogens (tertiary/aromatic N) is 5. The molecular formula is C64H85N11O9S. The van der Waals surface area contributed by atoms with Crippen molar-refractivity contribution < 1.29 is 43.2 Å². The lowest BCUT2D eigenvalue weighted by Crippen LogP contribution is -2.57. The summed E-state index contributed by atoms with van der Waals surface area (Å²) in [7, 11) is 0. The van der Waals surface area contributed by atoms with Crippen LogP contribution in [0, 0.1) is 12.3 Å². The van der Waals surface area contributed by atoms with Crippen LogP contribution < -0.4 is 31.3 Å². The molecule has 2 saturated heterocycles. The molecule has 456 valence electrons. The largest absolute Gasteiger partial charge is 0.494 e. The van der Waals surface area contributed by atoms with Crippen LogP contribution in [0.5, 0.6) is 5.75 Å². The Labute approximate surface area is 503 Å². The molecule has 8 rings (SSSR count). The van der Waals surface area contributed by atoms with Gasteiger partial charge in [-0.25, -0.2) is 9.97 Å². The monoisotopic (exact) mass is 1180 g/mol. The standard InChI is InChI=1S/C64H85N11O9S/c1-45-56(85-44-69-45)48-21-19-46(20-22-48)41-68-60(79)54-40-52(76)43-75(54)61(80)57(63(2,3)4)70-55(77)18-8-7-10-32-82-35-37-83-36-34-81-31-9-5-6-11-33-84-53-17-12-14-47(38-53)42-67-59(78)50-15-13-16-51(39-50)72-64(25-29-66-30-26-64)62-71-58(73-74-62)49-23-27-65-28-24-49/h12-17,19-24,27-28,38-39,44,52,54,57,66,72,76H,5-11,18,25-26,29-37,40-43H2,1-4H3,(H,67,78)(H,68,79)(H,70,77)(H,71,73,74)/t52-,54+,57-/m1/s1. The third-order valence-corrected chi connectivity index (χ3v) is 16.3. The SMILES string of the molecule is Cc1ncsc1-c1ccc(CNC(=O)[C@@H]2C[C@@H](O)CN2C(=O)[C@@H](NC(=O)CCCCCOCCOCCOCCCCCCOc2cccc(CNC(=O)c3cccc(NC4(c5nc(-c6ccncc6)n[nH]5)CCNCC4)c3)c2)C(C)(C)C)cc1. The van der Waals surface area contributed by atoms with Crippen molar-refractivity contribution in [2.45, 2.75) is 135 Å². The van der Waals surface area contributed by atoms with Crippen molar-refractivity contribution in [1.82, 2.24) is 51.3 Å². The van der Waals surface area contributed by atoms with E-state index in [4.69, 9.17) is 23.9 Å². The smallest absolute Gasteiger partial charge is 0.251 e. The lowest BCUT2D eigenvalue weighted by Gasteiger charge is -2.37. The first-order valence-electron chi connectivity index (χ1n) is 29.9. The summed E-state index contributed by atoms with van der Waals surface area (Å²) < 4.78 is 23.3. The molecule has 0 aliphatic carbocycles. The molecule has 20 nitrogen and oxygen atoms in total. The van der Waals surface area contributed by atoms with Crippen LogP contribution in [0.2, 0.25) is 0 Å². The predicted molar refractivity (Wildman–Crippen MR) is 328 cm³/mol.